The maximum absolute atomic E-state index is 12.5. The molecule has 0 bridgehead atoms. The topological polar surface area (TPSA) is 87.5 Å². The Morgan fingerprint density at radius 2 is 2.07 bits per heavy atom. The van der Waals surface area contributed by atoms with Gasteiger partial charge in [0.1, 0.15) is 0 Å². The number of thiazole rings is 1. The van der Waals surface area contributed by atoms with Crippen LogP contribution in [0.2, 0.25) is 0 Å². The van der Waals surface area contributed by atoms with Gasteiger partial charge in [-0.15, -0.1) is 36.2 Å². The van der Waals surface area contributed by atoms with Crippen LogP contribution in [0.25, 0.3) is 0 Å². The van der Waals surface area contributed by atoms with Gasteiger partial charge in [-0.2, -0.15) is 0 Å². The summed E-state index contributed by atoms with van der Waals surface area (Å²) in [6.07, 6.45) is 5.02. The molecule has 0 atom stereocenters. The largest absolute Gasteiger partial charge is 0.459 e. The Morgan fingerprint density at radius 1 is 1.32 bits per heavy atom. The fourth-order valence-corrected chi connectivity index (χ4v) is 3.80. The number of halogens is 2. The van der Waals surface area contributed by atoms with E-state index in [4.69, 9.17) is 4.42 Å². The van der Waals surface area contributed by atoms with Crippen LogP contribution in [-0.4, -0.2) is 48.4 Å². The van der Waals surface area contributed by atoms with Crippen LogP contribution < -0.4 is 10.6 Å². The maximum Gasteiger partial charge on any atom is 0.293 e. The highest BCUT2D eigenvalue weighted by Gasteiger charge is 2.23. The Hall–Kier alpha value is -1.61. The van der Waals surface area contributed by atoms with Gasteiger partial charge in [-0.1, -0.05) is 0 Å². The van der Waals surface area contributed by atoms with Gasteiger partial charge >= 0.3 is 0 Å². The molecule has 28 heavy (non-hydrogen) atoms. The lowest BCUT2D eigenvalue weighted by atomic mass is 9.93. The van der Waals surface area contributed by atoms with Crippen LogP contribution in [0, 0.1) is 5.92 Å². The first-order valence-electron chi connectivity index (χ1n) is 8.87. The predicted octanol–water partition coefficient (Wildman–Crippen LogP) is 3.22. The maximum atomic E-state index is 12.5. The van der Waals surface area contributed by atoms with E-state index in [9.17, 15) is 9.59 Å². The molecule has 0 aliphatic carbocycles. The smallest absolute Gasteiger partial charge is 0.293 e. The van der Waals surface area contributed by atoms with Crippen molar-refractivity contribution >= 4 is 53.1 Å². The number of hydrogen-bond acceptors (Lipinski definition) is 6. The summed E-state index contributed by atoms with van der Waals surface area (Å²) in [4.78, 5) is 30.7. The van der Waals surface area contributed by atoms with Crippen molar-refractivity contribution < 1.29 is 14.0 Å². The van der Waals surface area contributed by atoms with Crippen molar-refractivity contribution in [2.24, 2.45) is 5.92 Å². The number of nitrogens with one attached hydrogen (secondary N) is 2. The molecule has 0 aromatic carbocycles. The van der Waals surface area contributed by atoms with Crippen LogP contribution in [0.1, 0.15) is 35.5 Å². The summed E-state index contributed by atoms with van der Waals surface area (Å²) < 4.78 is 5.05. The first kappa shape index (κ1) is 24.4. The minimum Gasteiger partial charge on any atom is -0.459 e. The normalized spacial score (nSPS) is 14.1. The monoisotopic (exact) mass is 448 g/mol. The molecule has 2 aromatic heterocycles. The fraction of sp³-hybridized carbons (Fsp3) is 0.500. The number of amides is 2. The zero-order valence-electron chi connectivity index (χ0n) is 15.7. The second-order valence-electron chi connectivity index (χ2n) is 6.47. The van der Waals surface area contributed by atoms with Gasteiger partial charge in [-0.05, 0) is 50.9 Å². The highest BCUT2D eigenvalue weighted by atomic mass is 35.5. The lowest BCUT2D eigenvalue weighted by Crippen LogP contribution is -2.39. The number of rotatable bonds is 7. The molecule has 0 spiro atoms. The molecule has 0 unspecified atom stereocenters. The van der Waals surface area contributed by atoms with Crippen molar-refractivity contribution in [3.63, 3.8) is 0 Å². The van der Waals surface area contributed by atoms with E-state index >= 15 is 0 Å². The average Bonchev–Trinajstić information content (AvgIpc) is 3.32. The molecule has 1 aliphatic heterocycles. The van der Waals surface area contributed by atoms with Gasteiger partial charge in [0.05, 0.1) is 18.4 Å². The van der Waals surface area contributed by atoms with Crippen molar-refractivity contribution in [3.05, 3.63) is 35.2 Å². The van der Waals surface area contributed by atoms with Gasteiger partial charge in [0.15, 0.2) is 10.9 Å². The second-order valence-corrected chi connectivity index (χ2v) is 7.33. The van der Waals surface area contributed by atoms with Gasteiger partial charge in [-0.3, -0.25) is 14.9 Å². The molecule has 0 radical (unpaired) electrons. The summed E-state index contributed by atoms with van der Waals surface area (Å²) in [6.45, 7) is 2.67. The van der Waals surface area contributed by atoms with E-state index in [1.54, 1.807) is 12.1 Å². The fourth-order valence-electron chi connectivity index (χ4n) is 3.10. The summed E-state index contributed by atoms with van der Waals surface area (Å²) in [5, 5.41) is 8.16. The molecule has 2 aromatic rings. The molecule has 2 N–H and O–H groups in total. The molecule has 2 amide bonds. The molecule has 3 rings (SSSR count). The molecule has 10 heteroatoms. The van der Waals surface area contributed by atoms with Crippen LogP contribution in [-0.2, 0) is 11.2 Å². The number of likely N-dealkylation sites (tertiary alicyclic amines) is 1. The molecular formula is C18H26Cl2N4O3S. The van der Waals surface area contributed by atoms with E-state index in [0.717, 1.165) is 32.5 Å². The molecule has 3 heterocycles. The molecule has 0 saturated carbocycles. The summed E-state index contributed by atoms with van der Waals surface area (Å²) in [6, 6.07) is 3.25. The Balaban J connectivity index is 0.00000196. The van der Waals surface area contributed by atoms with Crippen LogP contribution in [0.3, 0.4) is 0 Å². The minimum absolute atomic E-state index is 0. The van der Waals surface area contributed by atoms with Gasteiger partial charge in [0.2, 0.25) is 5.91 Å². The molecule has 156 valence electrons. The highest BCUT2D eigenvalue weighted by Crippen LogP contribution is 2.22. The Bertz CT molecular complexity index is 731. The number of carbonyl (C=O) groups excluding carboxylic acids is 2. The zero-order chi connectivity index (χ0) is 18.4. The quantitative estimate of drug-likeness (QED) is 0.678. The first-order valence-corrected chi connectivity index (χ1v) is 9.75. The molecule has 7 nitrogen and oxygen atoms in total. The number of anilines is 1. The second kappa shape index (κ2) is 12.1. The molecule has 1 fully saturated rings. The van der Waals surface area contributed by atoms with Crippen LogP contribution >= 0.6 is 36.2 Å². The van der Waals surface area contributed by atoms with Crippen LogP contribution in [0.15, 0.2) is 28.2 Å². The minimum atomic E-state index is -0.342. The molecule has 1 saturated heterocycles. The predicted molar refractivity (Wildman–Crippen MR) is 115 cm³/mol. The first-order chi connectivity index (χ1) is 12.7. The number of piperidine rings is 1. The summed E-state index contributed by atoms with van der Waals surface area (Å²) >= 11 is 1.31. The Labute approximate surface area is 181 Å². The molecular weight excluding hydrogens is 423 g/mol. The van der Waals surface area contributed by atoms with E-state index in [1.807, 2.05) is 17.3 Å². The third kappa shape index (κ3) is 6.77. The van der Waals surface area contributed by atoms with Crippen molar-refractivity contribution in [1.82, 2.24) is 15.2 Å². The summed E-state index contributed by atoms with van der Waals surface area (Å²) in [5.41, 5.74) is 0.687. The van der Waals surface area contributed by atoms with E-state index in [2.05, 4.69) is 15.6 Å². The van der Waals surface area contributed by atoms with E-state index in [1.165, 1.54) is 24.0 Å². The third-order valence-corrected chi connectivity index (χ3v) is 5.43. The van der Waals surface area contributed by atoms with Crippen molar-refractivity contribution in [2.45, 2.75) is 25.7 Å². The van der Waals surface area contributed by atoms with Gasteiger partial charge in [0.25, 0.3) is 5.91 Å². The van der Waals surface area contributed by atoms with Gasteiger partial charge < -0.3 is 14.6 Å². The number of nitrogens with zero attached hydrogens (tertiary/aromatic N) is 2. The van der Waals surface area contributed by atoms with Crippen molar-refractivity contribution in [2.75, 3.05) is 32.0 Å². The van der Waals surface area contributed by atoms with Crippen molar-refractivity contribution in [1.29, 1.82) is 0 Å². The van der Waals surface area contributed by atoms with E-state index in [0.29, 0.717) is 16.7 Å². The molecule has 1 aliphatic rings. The van der Waals surface area contributed by atoms with Gasteiger partial charge in [0, 0.05) is 18.5 Å². The lowest BCUT2D eigenvalue weighted by Gasteiger charge is -2.32. The number of aromatic nitrogens is 1. The van der Waals surface area contributed by atoms with E-state index < -0.39 is 0 Å². The zero-order valence-corrected chi connectivity index (χ0v) is 18.1. The lowest BCUT2D eigenvalue weighted by molar-refractivity contribution is -0.131. The van der Waals surface area contributed by atoms with Gasteiger partial charge in [-0.25, -0.2) is 4.98 Å². The van der Waals surface area contributed by atoms with Crippen molar-refractivity contribution in [3.8, 4) is 0 Å². The number of hydrogen-bond donors (Lipinski definition) is 2. The average molecular weight is 449 g/mol. The van der Waals surface area contributed by atoms with E-state index in [-0.39, 0.29) is 48.8 Å². The third-order valence-electron chi connectivity index (χ3n) is 4.62. The number of carbonyl (C=O) groups is 2. The summed E-state index contributed by atoms with van der Waals surface area (Å²) in [5.74, 6) is 0.699. The summed E-state index contributed by atoms with van der Waals surface area (Å²) in [7, 11) is 1.97. The SMILES string of the molecule is CNCCC1CCN(C(=O)Cc2csc(NC(=O)c3ccco3)n2)CC1.Cl.Cl. The Kier molecular flexibility index (Phi) is 10.5. The Morgan fingerprint density at radius 3 is 2.71 bits per heavy atom. The standard InChI is InChI=1S/C18H24N4O3S.2ClH/c1-19-7-4-13-5-8-22(9-6-13)16(23)11-14-12-26-18(20-14)21-17(24)15-3-2-10-25-15;;/h2-3,10,12-13,19H,4-9,11H2,1H3,(H,20,21,24);2*1H. The van der Waals surface area contributed by atoms with Crippen LogP contribution in [0.5, 0.6) is 0 Å². The highest BCUT2D eigenvalue weighted by molar-refractivity contribution is 7.14. The number of furan rings is 1. The van der Waals surface area contributed by atoms with Crippen LogP contribution in [0.4, 0.5) is 5.13 Å².